The molecule has 2 aromatic carbocycles. The second-order valence-electron chi connectivity index (χ2n) is 12.3. The standard InChI is InChI=1S/C34H40F3N3O7/c1-6-15-46-28(42)17-26(27(41)19-47-30-20(2)23(35)16-24(36)29(30)37)39-31(43)21-11-9-10-14-40(18-21)33(45)32(44)38-25-13-8-7-12-22(25)34(3,4)5/h6-8,12-13,16,21,26H,1,9-11,14-15,17-19H2,2-5H3,(H,38,44)(H,39,43)/t21-,26+/m1/s1. The highest BCUT2D eigenvalue weighted by Crippen LogP contribution is 2.30. The summed E-state index contributed by atoms with van der Waals surface area (Å²) < 4.78 is 52.1. The highest BCUT2D eigenvalue weighted by atomic mass is 19.2. The van der Waals surface area contributed by atoms with E-state index in [9.17, 15) is 37.1 Å². The van der Waals surface area contributed by atoms with Gasteiger partial charge in [0.15, 0.2) is 17.3 Å². The number of ether oxygens (including phenoxy) is 2. The molecule has 47 heavy (non-hydrogen) atoms. The van der Waals surface area contributed by atoms with E-state index in [0.717, 1.165) is 12.5 Å². The molecule has 13 heteroatoms. The molecule has 2 N–H and O–H groups in total. The first-order chi connectivity index (χ1) is 22.1. The maximum absolute atomic E-state index is 14.3. The molecule has 2 atom stereocenters. The van der Waals surface area contributed by atoms with E-state index in [-0.39, 0.29) is 30.7 Å². The minimum atomic E-state index is -1.52. The van der Waals surface area contributed by atoms with Gasteiger partial charge in [0.05, 0.1) is 12.3 Å². The minimum Gasteiger partial charge on any atom is -0.482 e. The van der Waals surface area contributed by atoms with E-state index >= 15 is 0 Å². The molecular formula is C34H40F3N3O7. The average molecular weight is 660 g/mol. The lowest BCUT2D eigenvalue weighted by molar-refractivity contribution is -0.145. The van der Waals surface area contributed by atoms with Crippen LogP contribution in [0.2, 0.25) is 0 Å². The summed E-state index contributed by atoms with van der Waals surface area (Å²) in [5.41, 5.74) is 0.638. The van der Waals surface area contributed by atoms with Gasteiger partial charge in [-0.05, 0) is 36.8 Å². The number of anilines is 1. The number of halogens is 3. The van der Waals surface area contributed by atoms with Crippen LogP contribution in [0.4, 0.5) is 18.9 Å². The Morgan fingerprint density at radius 3 is 2.47 bits per heavy atom. The van der Waals surface area contributed by atoms with Gasteiger partial charge < -0.3 is 25.0 Å². The summed E-state index contributed by atoms with van der Waals surface area (Å²) in [5.74, 6) is -9.95. The number of esters is 1. The summed E-state index contributed by atoms with van der Waals surface area (Å²) in [4.78, 5) is 66.5. The smallest absolute Gasteiger partial charge is 0.313 e. The van der Waals surface area contributed by atoms with Gasteiger partial charge in [-0.25, -0.2) is 8.78 Å². The SMILES string of the molecule is C=CCOC(=O)C[C@H](NC(=O)[C@@H]1CCCCN(C(=O)C(=O)Nc2ccccc2C(C)(C)C)C1)C(=O)COc1c(C)c(F)cc(F)c1F. The average Bonchev–Trinajstić information content (AvgIpc) is 3.28. The molecule has 1 fully saturated rings. The summed E-state index contributed by atoms with van der Waals surface area (Å²) in [6.45, 7) is 9.47. The van der Waals surface area contributed by atoms with Crippen LogP contribution in [-0.4, -0.2) is 66.7 Å². The second kappa shape index (κ2) is 16.2. The molecule has 1 aliphatic rings. The van der Waals surface area contributed by atoms with Gasteiger partial charge in [0.1, 0.15) is 25.1 Å². The number of carbonyl (C=O) groups excluding carboxylic acids is 5. The molecule has 1 saturated heterocycles. The van der Waals surface area contributed by atoms with Gasteiger partial charge in [-0.1, -0.05) is 58.0 Å². The lowest BCUT2D eigenvalue weighted by atomic mass is 9.86. The van der Waals surface area contributed by atoms with Crippen LogP contribution in [0.25, 0.3) is 0 Å². The summed E-state index contributed by atoms with van der Waals surface area (Å²) in [6, 6.07) is 5.95. The number of nitrogens with zero attached hydrogens (tertiary/aromatic N) is 1. The quantitative estimate of drug-likeness (QED) is 0.157. The largest absolute Gasteiger partial charge is 0.482 e. The summed E-state index contributed by atoms with van der Waals surface area (Å²) in [6.07, 6.45) is 2.03. The minimum absolute atomic E-state index is 0.135. The first-order valence-corrected chi connectivity index (χ1v) is 15.2. The Morgan fingerprint density at radius 1 is 1.09 bits per heavy atom. The summed E-state index contributed by atoms with van der Waals surface area (Å²) in [5, 5.41) is 5.17. The molecule has 0 radical (unpaired) electrons. The molecule has 2 aromatic rings. The van der Waals surface area contributed by atoms with Gasteiger partial charge in [-0.15, -0.1) is 0 Å². The monoisotopic (exact) mass is 659 g/mol. The maximum atomic E-state index is 14.3. The summed E-state index contributed by atoms with van der Waals surface area (Å²) >= 11 is 0. The number of rotatable bonds is 11. The third kappa shape index (κ3) is 9.90. The maximum Gasteiger partial charge on any atom is 0.313 e. The summed E-state index contributed by atoms with van der Waals surface area (Å²) in [7, 11) is 0. The van der Waals surface area contributed by atoms with E-state index in [1.165, 1.54) is 11.0 Å². The number of Topliss-reactive ketones (excluding diaryl/α,β-unsaturated/α-hetero) is 1. The first kappa shape index (κ1) is 36.8. The van der Waals surface area contributed by atoms with Gasteiger partial charge in [-0.2, -0.15) is 4.39 Å². The van der Waals surface area contributed by atoms with E-state index < -0.39 is 77.7 Å². The van der Waals surface area contributed by atoms with Crippen LogP contribution < -0.4 is 15.4 Å². The Balaban J connectivity index is 1.74. The fourth-order valence-electron chi connectivity index (χ4n) is 5.10. The van der Waals surface area contributed by atoms with Crippen molar-refractivity contribution in [1.29, 1.82) is 0 Å². The zero-order chi connectivity index (χ0) is 34.9. The number of benzene rings is 2. The van der Waals surface area contributed by atoms with Crippen molar-refractivity contribution in [1.82, 2.24) is 10.2 Å². The zero-order valence-corrected chi connectivity index (χ0v) is 26.9. The van der Waals surface area contributed by atoms with Gasteiger partial charge >= 0.3 is 17.8 Å². The fourth-order valence-corrected chi connectivity index (χ4v) is 5.10. The van der Waals surface area contributed by atoms with Crippen LogP contribution in [-0.2, 0) is 34.1 Å². The second-order valence-corrected chi connectivity index (χ2v) is 12.3. The predicted molar refractivity (Wildman–Crippen MR) is 167 cm³/mol. The van der Waals surface area contributed by atoms with Gasteiger partial charge in [0, 0.05) is 30.4 Å². The van der Waals surface area contributed by atoms with Crippen LogP contribution in [0.3, 0.4) is 0 Å². The van der Waals surface area contributed by atoms with Crippen molar-refractivity contribution in [3.8, 4) is 5.75 Å². The lowest BCUT2D eigenvalue weighted by Gasteiger charge is -2.26. The Morgan fingerprint density at radius 2 is 1.79 bits per heavy atom. The van der Waals surface area contributed by atoms with Crippen molar-refractivity contribution in [3.63, 3.8) is 0 Å². The molecule has 0 bridgehead atoms. The lowest BCUT2D eigenvalue weighted by Crippen LogP contribution is -2.49. The van der Waals surface area contributed by atoms with Crippen molar-refractivity contribution in [3.05, 3.63) is 71.6 Å². The Bertz CT molecular complexity index is 1500. The zero-order valence-electron chi connectivity index (χ0n) is 26.9. The number of ketones is 1. The Kier molecular flexibility index (Phi) is 12.7. The molecule has 254 valence electrons. The number of likely N-dealkylation sites (tertiary alicyclic amines) is 1. The molecule has 0 spiro atoms. The van der Waals surface area contributed by atoms with E-state index in [4.69, 9.17) is 9.47 Å². The molecule has 1 heterocycles. The predicted octanol–water partition coefficient (Wildman–Crippen LogP) is 4.53. The van der Waals surface area contributed by atoms with Crippen LogP contribution >= 0.6 is 0 Å². The van der Waals surface area contributed by atoms with Gasteiger partial charge in [0.2, 0.25) is 11.7 Å². The number of amides is 3. The Labute approximate surface area is 271 Å². The van der Waals surface area contributed by atoms with E-state index in [0.29, 0.717) is 31.0 Å². The Hall–Kier alpha value is -4.68. The third-order valence-electron chi connectivity index (χ3n) is 7.67. The first-order valence-electron chi connectivity index (χ1n) is 15.2. The molecule has 10 nitrogen and oxygen atoms in total. The molecule has 0 aromatic heterocycles. The highest BCUT2D eigenvalue weighted by molar-refractivity contribution is 6.39. The van der Waals surface area contributed by atoms with Crippen molar-refractivity contribution in [2.45, 2.75) is 64.8 Å². The highest BCUT2D eigenvalue weighted by Gasteiger charge is 2.34. The van der Waals surface area contributed by atoms with Crippen molar-refractivity contribution in [2.24, 2.45) is 5.92 Å². The normalized spacial score (nSPS) is 15.6. The molecule has 3 rings (SSSR count). The molecule has 0 saturated carbocycles. The van der Waals surface area contributed by atoms with Crippen molar-refractivity contribution < 1.29 is 46.6 Å². The molecule has 0 unspecified atom stereocenters. The number of nitrogens with one attached hydrogen (secondary N) is 2. The molecule has 1 aliphatic heterocycles. The fraction of sp³-hybridized carbons (Fsp3) is 0.441. The van der Waals surface area contributed by atoms with E-state index in [1.807, 2.05) is 32.9 Å². The number of hydrogen-bond donors (Lipinski definition) is 2. The third-order valence-corrected chi connectivity index (χ3v) is 7.67. The van der Waals surface area contributed by atoms with Gasteiger partial charge in [-0.3, -0.25) is 24.0 Å². The van der Waals surface area contributed by atoms with Crippen LogP contribution in [0, 0.1) is 30.3 Å². The van der Waals surface area contributed by atoms with Crippen LogP contribution in [0.15, 0.2) is 43.0 Å². The van der Waals surface area contributed by atoms with Crippen molar-refractivity contribution >= 4 is 35.2 Å². The number of hydrogen-bond acceptors (Lipinski definition) is 7. The van der Waals surface area contributed by atoms with Crippen LogP contribution in [0.5, 0.6) is 5.75 Å². The van der Waals surface area contributed by atoms with E-state index in [1.54, 1.807) is 12.1 Å². The topological polar surface area (TPSA) is 131 Å². The van der Waals surface area contributed by atoms with Crippen molar-refractivity contribution in [2.75, 3.05) is 31.6 Å². The molecule has 0 aliphatic carbocycles. The molecule has 3 amide bonds. The molecular weight excluding hydrogens is 619 g/mol. The number of carbonyl (C=O) groups is 5. The van der Waals surface area contributed by atoms with Crippen LogP contribution in [0.1, 0.15) is 57.6 Å². The number of para-hydroxylation sites is 1. The van der Waals surface area contributed by atoms with E-state index in [2.05, 4.69) is 17.2 Å². The van der Waals surface area contributed by atoms with Gasteiger partial charge in [0.25, 0.3) is 0 Å².